The van der Waals surface area contributed by atoms with E-state index in [2.05, 4.69) is 5.32 Å². The molecule has 0 fully saturated rings. The van der Waals surface area contributed by atoms with Gasteiger partial charge in [-0.05, 0) is 50.5 Å². The van der Waals surface area contributed by atoms with Crippen LogP contribution < -0.4 is 9.62 Å². The lowest BCUT2D eigenvalue weighted by Gasteiger charge is -2.22. The van der Waals surface area contributed by atoms with Gasteiger partial charge in [-0.2, -0.15) is 0 Å². The fourth-order valence-electron chi connectivity index (χ4n) is 3.04. The lowest BCUT2D eigenvalue weighted by atomic mass is 10.0. The lowest BCUT2D eigenvalue weighted by Crippen LogP contribution is -2.31. The molecule has 5 nitrogen and oxygen atoms in total. The third kappa shape index (κ3) is 5.33. The van der Waals surface area contributed by atoms with Crippen LogP contribution in [0.25, 0.3) is 0 Å². The summed E-state index contributed by atoms with van der Waals surface area (Å²) in [6.45, 7) is 6.23. The van der Waals surface area contributed by atoms with Crippen LogP contribution >= 0.6 is 0 Å². The number of hydrogen-bond donors (Lipinski definition) is 1. The Labute approximate surface area is 156 Å². The van der Waals surface area contributed by atoms with Crippen molar-refractivity contribution in [3.05, 3.63) is 59.2 Å². The van der Waals surface area contributed by atoms with E-state index in [-0.39, 0.29) is 18.9 Å². The van der Waals surface area contributed by atoms with Crippen LogP contribution in [-0.2, 0) is 14.8 Å². The van der Waals surface area contributed by atoms with Crippen molar-refractivity contribution in [3.63, 3.8) is 0 Å². The number of aryl methyl sites for hydroxylation is 3. The van der Waals surface area contributed by atoms with E-state index in [1.54, 1.807) is 24.3 Å². The topological polar surface area (TPSA) is 66.5 Å². The van der Waals surface area contributed by atoms with Gasteiger partial charge in [-0.25, -0.2) is 8.42 Å². The molecule has 2 aromatic rings. The normalized spacial score (nSPS) is 11.2. The van der Waals surface area contributed by atoms with E-state index in [9.17, 15) is 13.2 Å². The highest BCUT2D eigenvalue weighted by atomic mass is 32.2. The molecule has 0 aliphatic carbocycles. The number of nitrogens with zero attached hydrogens (tertiary/aromatic N) is 1. The molecule has 0 aliphatic heterocycles. The molecule has 1 N–H and O–H groups in total. The molecule has 2 rings (SSSR count). The molecule has 0 aliphatic rings. The van der Waals surface area contributed by atoms with Crippen molar-refractivity contribution in [2.24, 2.45) is 0 Å². The van der Waals surface area contributed by atoms with E-state index in [0.717, 1.165) is 22.4 Å². The van der Waals surface area contributed by atoms with Crippen LogP contribution in [0.2, 0.25) is 0 Å². The molecule has 0 aromatic heterocycles. The van der Waals surface area contributed by atoms with Crippen LogP contribution in [0.3, 0.4) is 0 Å². The highest BCUT2D eigenvalue weighted by Gasteiger charge is 2.17. The molecule has 140 valence electrons. The van der Waals surface area contributed by atoms with Crippen molar-refractivity contribution in [2.75, 3.05) is 22.4 Å². The van der Waals surface area contributed by atoms with E-state index in [1.165, 1.54) is 10.6 Å². The van der Waals surface area contributed by atoms with Gasteiger partial charge in [-0.3, -0.25) is 9.10 Å². The number of anilines is 2. The summed E-state index contributed by atoms with van der Waals surface area (Å²) >= 11 is 0. The van der Waals surface area contributed by atoms with E-state index in [0.29, 0.717) is 12.1 Å². The Morgan fingerprint density at radius 1 is 1.04 bits per heavy atom. The van der Waals surface area contributed by atoms with E-state index in [4.69, 9.17) is 0 Å². The zero-order valence-electron chi connectivity index (χ0n) is 15.7. The monoisotopic (exact) mass is 374 g/mol. The van der Waals surface area contributed by atoms with Gasteiger partial charge in [-0.15, -0.1) is 0 Å². The Balaban J connectivity index is 1.99. The summed E-state index contributed by atoms with van der Waals surface area (Å²) in [6.07, 6.45) is 1.88. The van der Waals surface area contributed by atoms with Crippen molar-refractivity contribution in [1.82, 2.24) is 0 Å². The number of sulfonamides is 1. The quantitative estimate of drug-likeness (QED) is 0.802. The Kier molecular flexibility index (Phi) is 6.42. The minimum absolute atomic E-state index is 0.110. The molecular weight excluding hydrogens is 348 g/mol. The van der Waals surface area contributed by atoms with Gasteiger partial charge in [-0.1, -0.05) is 35.9 Å². The average Bonchev–Trinajstić information content (AvgIpc) is 2.54. The van der Waals surface area contributed by atoms with Crippen molar-refractivity contribution >= 4 is 27.3 Å². The Hall–Kier alpha value is -2.34. The van der Waals surface area contributed by atoms with Gasteiger partial charge < -0.3 is 5.32 Å². The van der Waals surface area contributed by atoms with E-state index in [1.807, 2.05) is 39.0 Å². The zero-order chi connectivity index (χ0) is 19.3. The molecule has 0 saturated heterocycles. The van der Waals surface area contributed by atoms with Crippen molar-refractivity contribution in [2.45, 2.75) is 33.6 Å². The maximum atomic E-state index is 12.3. The Morgan fingerprint density at radius 2 is 1.62 bits per heavy atom. The maximum Gasteiger partial charge on any atom is 0.232 e. The standard InChI is InChI=1S/C20H26N2O3S/c1-15-13-16(2)20(17(3)14-15)21-19(23)11-8-12-22(26(4,24)25)18-9-6-5-7-10-18/h5-7,9-10,13-14H,8,11-12H2,1-4H3,(H,21,23). The van der Waals surface area contributed by atoms with Crippen LogP contribution in [0.1, 0.15) is 29.5 Å². The first-order valence-electron chi connectivity index (χ1n) is 8.59. The van der Waals surface area contributed by atoms with Gasteiger partial charge in [0.25, 0.3) is 0 Å². The average molecular weight is 375 g/mol. The molecule has 0 unspecified atom stereocenters. The lowest BCUT2D eigenvalue weighted by molar-refractivity contribution is -0.116. The minimum Gasteiger partial charge on any atom is -0.326 e. The van der Waals surface area contributed by atoms with Crippen LogP contribution in [0.5, 0.6) is 0 Å². The van der Waals surface area contributed by atoms with Crippen molar-refractivity contribution in [3.8, 4) is 0 Å². The summed E-state index contributed by atoms with van der Waals surface area (Å²) in [7, 11) is -3.39. The third-order valence-electron chi connectivity index (χ3n) is 4.15. The third-order valence-corrected chi connectivity index (χ3v) is 5.35. The fourth-order valence-corrected chi connectivity index (χ4v) is 4.01. The molecule has 0 atom stereocenters. The van der Waals surface area contributed by atoms with Crippen molar-refractivity contribution in [1.29, 1.82) is 0 Å². The number of nitrogens with one attached hydrogen (secondary N) is 1. The second-order valence-electron chi connectivity index (χ2n) is 6.60. The molecule has 1 amide bonds. The summed E-state index contributed by atoms with van der Waals surface area (Å²) in [5.74, 6) is -0.110. The van der Waals surface area contributed by atoms with E-state index >= 15 is 0 Å². The van der Waals surface area contributed by atoms with Gasteiger partial charge in [0.15, 0.2) is 0 Å². The second kappa shape index (κ2) is 8.36. The summed E-state index contributed by atoms with van der Waals surface area (Å²) in [5.41, 5.74) is 4.66. The predicted molar refractivity (Wildman–Crippen MR) is 107 cm³/mol. The minimum atomic E-state index is -3.39. The Bertz CT molecular complexity index is 854. The van der Waals surface area contributed by atoms with Gasteiger partial charge in [0.2, 0.25) is 15.9 Å². The summed E-state index contributed by atoms with van der Waals surface area (Å²) in [4.78, 5) is 12.3. The molecule has 6 heteroatoms. The number of carbonyl (C=O) groups is 1. The summed E-state index contributed by atoms with van der Waals surface area (Å²) < 4.78 is 25.4. The predicted octanol–water partition coefficient (Wildman–Crippen LogP) is 3.80. The Morgan fingerprint density at radius 3 is 2.15 bits per heavy atom. The van der Waals surface area contributed by atoms with Crippen LogP contribution in [0.4, 0.5) is 11.4 Å². The molecule has 0 radical (unpaired) electrons. The highest BCUT2D eigenvalue weighted by molar-refractivity contribution is 7.92. The number of benzene rings is 2. The van der Waals surface area contributed by atoms with E-state index < -0.39 is 10.0 Å². The SMILES string of the molecule is Cc1cc(C)c(NC(=O)CCCN(c2ccccc2)S(C)(=O)=O)c(C)c1. The zero-order valence-corrected chi connectivity index (χ0v) is 16.6. The molecule has 0 heterocycles. The largest absolute Gasteiger partial charge is 0.326 e. The molecule has 0 bridgehead atoms. The first-order chi connectivity index (χ1) is 12.2. The second-order valence-corrected chi connectivity index (χ2v) is 8.50. The molecule has 26 heavy (non-hydrogen) atoms. The smallest absolute Gasteiger partial charge is 0.232 e. The van der Waals surface area contributed by atoms with Crippen molar-refractivity contribution < 1.29 is 13.2 Å². The first-order valence-corrected chi connectivity index (χ1v) is 10.4. The van der Waals surface area contributed by atoms with Crippen LogP contribution in [-0.4, -0.2) is 27.1 Å². The highest BCUT2D eigenvalue weighted by Crippen LogP contribution is 2.22. The van der Waals surface area contributed by atoms with Gasteiger partial charge in [0.1, 0.15) is 0 Å². The molecule has 0 spiro atoms. The van der Waals surface area contributed by atoms with Gasteiger partial charge in [0.05, 0.1) is 11.9 Å². The van der Waals surface area contributed by atoms with Crippen LogP contribution in [0.15, 0.2) is 42.5 Å². The van der Waals surface area contributed by atoms with Gasteiger partial charge >= 0.3 is 0 Å². The number of rotatable bonds is 7. The molecule has 2 aromatic carbocycles. The molecule has 0 saturated carbocycles. The van der Waals surface area contributed by atoms with Crippen LogP contribution in [0, 0.1) is 20.8 Å². The number of amides is 1. The summed E-state index contributed by atoms with van der Waals surface area (Å²) in [6, 6.07) is 13.0. The molecular formula is C20H26N2O3S. The fraction of sp³-hybridized carbons (Fsp3) is 0.350. The van der Waals surface area contributed by atoms with Gasteiger partial charge in [0, 0.05) is 18.7 Å². The first kappa shape index (κ1) is 20.0. The number of para-hydroxylation sites is 1. The number of carbonyl (C=O) groups excluding carboxylic acids is 1. The number of hydrogen-bond acceptors (Lipinski definition) is 3. The maximum absolute atomic E-state index is 12.3. The summed E-state index contributed by atoms with van der Waals surface area (Å²) in [5, 5.41) is 2.95.